The van der Waals surface area contributed by atoms with Crippen LogP contribution in [0.4, 0.5) is 13.6 Å². The second-order valence-electron chi connectivity index (χ2n) is 10.1. The van der Waals surface area contributed by atoms with Crippen molar-refractivity contribution in [3.8, 4) is 0 Å². The average Bonchev–Trinajstić information content (AvgIpc) is 3.66. The summed E-state index contributed by atoms with van der Waals surface area (Å²) in [5, 5.41) is 30.6. The molecule has 7 N–H and O–H groups in total. The summed E-state index contributed by atoms with van der Waals surface area (Å²) in [6.07, 6.45) is 5.52. The predicted octanol–water partition coefficient (Wildman–Crippen LogP) is 0.161. The van der Waals surface area contributed by atoms with Crippen LogP contribution in [0.1, 0.15) is 46.0 Å². The fourth-order valence-electron chi connectivity index (χ4n) is 5.28. The Hall–Kier alpha value is -2.59. The maximum atomic E-state index is 14.0. The number of halogens is 2. The number of hydrogen-bond acceptors (Lipinski definition) is 10. The predicted molar refractivity (Wildman–Crippen MR) is 141 cm³/mol. The fraction of sp³-hybridized carbons (Fsp3) is 0.667. The molecule has 39 heavy (non-hydrogen) atoms. The molecule has 218 valence electrons. The van der Waals surface area contributed by atoms with Crippen LogP contribution in [-0.2, 0) is 9.84 Å². The minimum atomic E-state index is -4.05. The summed E-state index contributed by atoms with van der Waals surface area (Å²) >= 11 is 0. The van der Waals surface area contributed by atoms with Crippen LogP contribution in [0.2, 0.25) is 0 Å². The Morgan fingerprint density at radius 2 is 2.00 bits per heavy atom. The number of alkyl halides is 2. The maximum Gasteiger partial charge on any atom is 0.327 e. The molecule has 1 saturated carbocycles. The highest BCUT2D eigenvalue weighted by atomic mass is 32.2. The number of aliphatic hydroxyl groups excluding tert-OH is 2. The number of hydrogen-bond donors (Lipinski definition) is 7. The quantitative estimate of drug-likeness (QED) is 0.170. The first-order valence-corrected chi connectivity index (χ1v) is 14.6. The number of sulfone groups is 1. The van der Waals surface area contributed by atoms with E-state index in [1.807, 2.05) is 6.08 Å². The van der Waals surface area contributed by atoms with Crippen molar-refractivity contribution >= 4 is 21.7 Å². The highest BCUT2D eigenvalue weighted by molar-refractivity contribution is 7.97. The first-order chi connectivity index (χ1) is 18.5. The van der Waals surface area contributed by atoms with E-state index in [-0.39, 0.29) is 49.0 Å². The highest BCUT2D eigenvalue weighted by Gasteiger charge is 2.61. The van der Waals surface area contributed by atoms with Gasteiger partial charge >= 0.3 is 12.6 Å². The Morgan fingerprint density at radius 1 is 1.28 bits per heavy atom. The van der Waals surface area contributed by atoms with Crippen molar-refractivity contribution in [2.24, 2.45) is 4.99 Å². The Kier molecular flexibility index (Phi) is 8.95. The zero-order chi connectivity index (χ0) is 28.4. The number of hydrazine groups is 1. The number of carbonyl (C=O) groups excluding carboxylic acids is 1. The van der Waals surface area contributed by atoms with Gasteiger partial charge in [0.05, 0.1) is 36.0 Å². The smallest absolute Gasteiger partial charge is 0.327 e. The number of urea groups is 1. The van der Waals surface area contributed by atoms with Crippen molar-refractivity contribution in [2.75, 3.05) is 26.3 Å². The number of amides is 2. The van der Waals surface area contributed by atoms with Gasteiger partial charge < -0.3 is 26.2 Å². The molecular weight excluding hydrogens is 536 g/mol. The van der Waals surface area contributed by atoms with Gasteiger partial charge in [-0.15, -0.1) is 0 Å². The number of nitrogens with one attached hydrogen (secondary N) is 5. The molecule has 4 rings (SSSR count). The Balaban J connectivity index is 1.60. The Labute approximate surface area is 226 Å². The van der Waals surface area contributed by atoms with Crippen molar-refractivity contribution in [1.29, 1.82) is 0 Å². The van der Waals surface area contributed by atoms with E-state index in [1.165, 1.54) is 6.92 Å². The Bertz CT molecular complexity index is 1180. The third-order valence-electron chi connectivity index (χ3n) is 7.39. The lowest BCUT2D eigenvalue weighted by atomic mass is 9.94. The van der Waals surface area contributed by atoms with Gasteiger partial charge in [-0.1, -0.05) is 6.08 Å². The fourth-order valence-corrected chi connectivity index (χ4v) is 7.74. The molecule has 0 aromatic heterocycles. The van der Waals surface area contributed by atoms with Crippen molar-refractivity contribution < 1.29 is 32.2 Å². The van der Waals surface area contributed by atoms with E-state index >= 15 is 0 Å². The first-order valence-electron chi connectivity index (χ1n) is 13.1. The molecule has 0 bridgehead atoms. The van der Waals surface area contributed by atoms with Gasteiger partial charge in [-0.25, -0.2) is 23.6 Å². The van der Waals surface area contributed by atoms with Gasteiger partial charge in [0.2, 0.25) is 0 Å². The summed E-state index contributed by atoms with van der Waals surface area (Å²) in [4.78, 5) is 16.6. The minimum Gasteiger partial charge on any atom is -0.395 e. The standard InChI is InChI=1S/C24H37F2N7O5S/c1-14-20(15(2)33(32-14)22(25)26)39(37,38)24(7-8-24)18-13-19(27-9-11-34)31-21(30-18)16-3-5-17(6-4-16)29-23(36)28-10-12-35/h3,13-14,17,19,22,27,32,34-35H,4-12H2,1-2H3,(H,30,31)(H2,28,29,36)/t14?,17?,19-/m0/s1. The number of amidine groups is 1. The molecule has 2 aliphatic carbocycles. The topological polar surface area (TPSA) is 167 Å². The Morgan fingerprint density at radius 3 is 2.56 bits per heavy atom. The van der Waals surface area contributed by atoms with Gasteiger partial charge in [-0.3, -0.25) is 10.3 Å². The van der Waals surface area contributed by atoms with Gasteiger partial charge in [0.1, 0.15) is 10.6 Å². The molecule has 0 saturated heterocycles. The van der Waals surface area contributed by atoms with Crippen molar-refractivity contribution in [2.45, 2.75) is 75.5 Å². The molecular formula is C24H37F2N7O5S. The third-order valence-corrected chi connectivity index (χ3v) is 10.3. The van der Waals surface area contributed by atoms with E-state index < -0.39 is 33.3 Å². The summed E-state index contributed by atoms with van der Waals surface area (Å²) in [5.41, 5.74) is 3.75. The zero-order valence-corrected chi connectivity index (χ0v) is 22.8. The number of nitrogens with zero attached hydrogens (tertiary/aromatic N) is 2. The van der Waals surface area contributed by atoms with Crippen molar-refractivity contribution in [3.05, 3.63) is 34.0 Å². The third kappa shape index (κ3) is 5.96. The van der Waals surface area contributed by atoms with Crippen molar-refractivity contribution in [1.82, 2.24) is 31.7 Å². The summed E-state index contributed by atoms with van der Waals surface area (Å²) in [6.45, 7) is 0.192. The minimum absolute atomic E-state index is 0.0194. The van der Waals surface area contributed by atoms with E-state index in [0.717, 1.165) is 5.57 Å². The lowest BCUT2D eigenvalue weighted by Crippen LogP contribution is -2.49. The molecule has 2 unspecified atom stereocenters. The molecule has 12 nitrogen and oxygen atoms in total. The van der Waals surface area contributed by atoms with Crippen LogP contribution in [0.5, 0.6) is 0 Å². The van der Waals surface area contributed by atoms with Crippen molar-refractivity contribution in [3.63, 3.8) is 0 Å². The highest BCUT2D eigenvalue weighted by Crippen LogP contribution is 2.54. The number of carbonyl (C=O) groups is 1. The van der Waals surface area contributed by atoms with Crippen LogP contribution in [0, 0.1) is 0 Å². The molecule has 0 radical (unpaired) electrons. The number of allylic oxidation sites excluding steroid dienone is 1. The summed E-state index contributed by atoms with van der Waals surface area (Å²) in [5.74, 6) is 0.505. The normalized spacial score (nSPS) is 26.6. The van der Waals surface area contributed by atoms with E-state index in [9.17, 15) is 27.1 Å². The van der Waals surface area contributed by atoms with Gasteiger partial charge in [0.25, 0.3) is 0 Å². The second kappa shape index (κ2) is 11.9. The number of aliphatic imine (C=N–C) groups is 1. The molecule has 0 aromatic carbocycles. The molecule has 2 amide bonds. The van der Waals surface area contributed by atoms with E-state index in [4.69, 9.17) is 10.1 Å². The maximum absolute atomic E-state index is 14.0. The largest absolute Gasteiger partial charge is 0.395 e. The lowest BCUT2D eigenvalue weighted by Gasteiger charge is -2.31. The summed E-state index contributed by atoms with van der Waals surface area (Å²) < 4.78 is 53.6. The summed E-state index contributed by atoms with van der Waals surface area (Å²) in [6, 6.07) is -1.27. The van der Waals surface area contributed by atoms with E-state index in [1.54, 1.807) is 13.0 Å². The van der Waals surface area contributed by atoms with Crippen LogP contribution in [0.25, 0.3) is 0 Å². The van der Waals surface area contributed by atoms with Crippen LogP contribution in [0.15, 0.2) is 39.0 Å². The lowest BCUT2D eigenvalue weighted by molar-refractivity contribution is -0.0305. The monoisotopic (exact) mass is 573 g/mol. The molecule has 2 heterocycles. The van der Waals surface area contributed by atoms with Crippen LogP contribution < -0.4 is 26.7 Å². The first kappa shape index (κ1) is 29.4. The molecule has 15 heteroatoms. The van der Waals surface area contributed by atoms with Gasteiger partial charge in [0, 0.05) is 24.8 Å². The molecule has 2 aliphatic heterocycles. The second-order valence-corrected chi connectivity index (χ2v) is 12.3. The molecule has 4 aliphatic rings. The van der Waals surface area contributed by atoms with Gasteiger partial charge in [-0.2, -0.15) is 8.78 Å². The average molecular weight is 574 g/mol. The number of aliphatic hydroxyl groups is 2. The van der Waals surface area contributed by atoms with Gasteiger partial charge in [-0.05, 0) is 57.6 Å². The van der Waals surface area contributed by atoms with E-state index in [2.05, 4.69) is 26.7 Å². The zero-order valence-electron chi connectivity index (χ0n) is 22.0. The van der Waals surface area contributed by atoms with E-state index in [0.29, 0.717) is 48.6 Å². The van der Waals surface area contributed by atoms with Crippen LogP contribution in [-0.4, -0.2) is 91.4 Å². The summed E-state index contributed by atoms with van der Waals surface area (Å²) in [7, 11) is -4.05. The van der Waals surface area contributed by atoms with Crippen LogP contribution >= 0.6 is 0 Å². The van der Waals surface area contributed by atoms with Gasteiger partial charge in [0.15, 0.2) is 9.84 Å². The van der Waals surface area contributed by atoms with Crippen LogP contribution in [0.3, 0.4) is 0 Å². The molecule has 1 fully saturated rings. The SMILES string of the molecule is CC1=C(S(=O)(=O)C2(C3=C[C@@H](NCCO)NC(C4=CCC(NC(=O)NCCO)CC4)=N3)CC2)C(C)NN1C(F)F. The molecule has 0 spiro atoms. The molecule has 0 aromatic rings. The molecule has 3 atom stereocenters. The number of rotatable bonds is 11.